The molecule has 0 aliphatic carbocycles. The maximum absolute atomic E-state index is 12.3. The maximum atomic E-state index is 12.3. The Bertz CT molecular complexity index is 1490. The molecule has 1 aliphatic heterocycles. The van der Waals surface area contributed by atoms with Gasteiger partial charge in [0.05, 0.1) is 40.7 Å². The number of thiophene rings is 1. The summed E-state index contributed by atoms with van der Waals surface area (Å²) >= 11 is 1.23. The molecular formula is C28H29N5O4S. The van der Waals surface area contributed by atoms with E-state index in [-0.39, 0.29) is 6.10 Å². The summed E-state index contributed by atoms with van der Waals surface area (Å²) in [4.78, 5) is 20.0. The van der Waals surface area contributed by atoms with Gasteiger partial charge in [-0.15, -0.1) is 11.3 Å². The van der Waals surface area contributed by atoms with E-state index < -0.39 is 12.0 Å². The first kappa shape index (κ1) is 25.7. The van der Waals surface area contributed by atoms with Gasteiger partial charge in [-0.3, -0.25) is 14.1 Å². The number of pyridine rings is 1. The lowest BCUT2D eigenvalue weighted by Crippen LogP contribution is -2.40. The van der Waals surface area contributed by atoms with Gasteiger partial charge in [0.25, 0.3) is 5.91 Å². The summed E-state index contributed by atoms with van der Waals surface area (Å²) in [5.74, 6) is 0.473. The maximum Gasteiger partial charge on any atom is 0.262 e. The van der Waals surface area contributed by atoms with Gasteiger partial charge in [0.15, 0.2) is 0 Å². The Kier molecular flexibility index (Phi) is 7.60. The summed E-state index contributed by atoms with van der Waals surface area (Å²) in [7, 11) is 0. The van der Waals surface area contributed by atoms with E-state index >= 15 is 0 Å². The van der Waals surface area contributed by atoms with Crippen LogP contribution in [0.15, 0.2) is 54.9 Å². The van der Waals surface area contributed by atoms with Crippen LogP contribution in [0.5, 0.6) is 11.5 Å². The van der Waals surface area contributed by atoms with Crippen molar-refractivity contribution in [3.63, 3.8) is 0 Å². The first-order valence-electron chi connectivity index (χ1n) is 12.5. The van der Waals surface area contributed by atoms with Crippen molar-refractivity contribution >= 4 is 22.9 Å². The molecule has 0 saturated carbocycles. The molecule has 1 aliphatic rings. The third-order valence-corrected chi connectivity index (χ3v) is 7.79. The molecule has 1 fully saturated rings. The second-order valence-electron chi connectivity index (χ2n) is 9.31. The van der Waals surface area contributed by atoms with Gasteiger partial charge in [0.2, 0.25) is 0 Å². The second-order valence-corrected chi connectivity index (χ2v) is 10.4. The number of carbonyl (C=O) groups is 1. The lowest BCUT2D eigenvalue weighted by molar-refractivity contribution is 0.0632. The van der Waals surface area contributed by atoms with Crippen molar-refractivity contribution in [1.29, 1.82) is 5.26 Å². The number of nitrogens with zero attached hydrogens (tertiary/aromatic N) is 4. The largest absolute Gasteiger partial charge is 0.491 e. The number of primary amides is 1. The van der Waals surface area contributed by atoms with E-state index in [4.69, 9.17) is 15.2 Å². The molecule has 196 valence electrons. The number of nitriles is 1. The quantitative estimate of drug-likeness (QED) is 0.334. The molecule has 1 amide bonds. The second kappa shape index (κ2) is 11.2. The van der Waals surface area contributed by atoms with E-state index in [2.05, 4.69) is 16.0 Å². The van der Waals surface area contributed by atoms with Crippen LogP contribution in [-0.2, 0) is 0 Å². The smallest absolute Gasteiger partial charge is 0.262 e. The summed E-state index contributed by atoms with van der Waals surface area (Å²) in [6, 6.07) is 14.9. The fourth-order valence-electron chi connectivity index (χ4n) is 4.72. The normalized spacial score (nSPS) is 16.7. The van der Waals surface area contributed by atoms with E-state index in [9.17, 15) is 15.2 Å². The average molecular weight is 532 g/mol. The summed E-state index contributed by atoms with van der Waals surface area (Å²) in [5, 5.41) is 19.3. The molecule has 0 unspecified atom stereocenters. The minimum absolute atomic E-state index is 0.261. The third kappa shape index (κ3) is 5.50. The van der Waals surface area contributed by atoms with Crippen molar-refractivity contribution < 1.29 is 19.4 Å². The number of aliphatic hydroxyl groups excluding tert-OH is 1. The zero-order valence-corrected chi connectivity index (χ0v) is 21.9. The highest BCUT2D eigenvalue weighted by Gasteiger charge is 2.22. The van der Waals surface area contributed by atoms with Crippen LogP contribution in [0.25, 0.3) is 16.2 Å². The van der Waals surface area contributed by atoms with Crippen LogP contribution in [0.4, 0.5) is 0 Å². The molecule has 9 nitrogen and oxygen atoms in total. The van der Waals surface area contributed by atoms with Crippen molar-refractivity contribution in [3.8, 4) is 28.1 Å². The number of nitrogens with two attached hydrogens (primary N) is 1. The van der Waals surface area contributed by atoms with E-state index in [1.807, 2.05) is 41.8 Å². The molecule has 4 aromatic rings. The van der Waals surface area contributed by atoms with Gasteiger partial charge in [-0.25, -0.2) is 4.98 Å². The number of likely N-dealkylation sites (tertiary alicyclic amines) is 1. The Balaban J connectivity index is 1.36. The van der Waals surface area contributed by atoms with E-state index in [1.165, 1.54) is 11.3 Å². The van der Waals surface area contributed by atoms with Crippen LogP contribution in [0.2, 0.25) is 0 Å². The van der Waals surface area contributed by atoms with Gasteiger partial charge in [0, 0.05) is 24.7 Å². The first-order valence-corrected chi connectivity index (χ1v) is 13.3. The number of hydrogen-bond donors (Lipinski definition) is 2. The molecule has 0 bridgehead atoms. The predicted octanol–water partition coefficient (Wildman–Crippen LogP) is 4.01. The number of β-amino-alcohol motifs (C(OH)–C–C–N with tert-alkyl or cyclic N) is 1. The number of benzene rings is 1. The summed E-state index contributed by atoms with van der Waals surface area (Å²) in [6.45, 7) is 4.73. The van der Waals surface area contributed by atoms with Crippen molar-refractivity contribution in [2.45, 2.75) is 32.0 Å². The topological polar surface area (TPSA) is 126 Å². The Labute approximate surface area is 224 Å². The third-order valence-electron chi connectivity index (χ3n) is 6.63. The molecule has 10 heteroatoms. The van der Waals surface area contributed by atoms with Crippen LogP contribution in [0.1, 0.15) is 46.7 Å². The number of piperidine rings is 1. The molecule has 4 heterocycles. The predicted molar refractivity (Wildman–Crippen MR) is 144 cm³/mol. The zero-order valence-electron chi connectivity index (χ0n) is 21.0. The Morgan fingerprint density at radius 1 is 1.34 bits per heavy atom. The van der Waals surface area contributed by atoms with E-state index in [0.29, 0.717) is 35.1 Å². The van der Waals surface area contributed by atoms with Crippen LogP contribution >= 0.6 is 11.3 Å². The molecule has 1 saturated heterocycles. The number of imidazole rings is 1. The number of rotatable bonds is 9. The first-order chi connectivity index (χ1) is 18.4. The minimum atomic E-state index is -0.585. The standard InChI is InChI=1S/C28H29N5O4S/c1-18(22-7-3-2-5-19(22)14-29)37-24-13-25(38-27(24)28(30)35)23-15-31-26-9-8-21(17-33(23)26)36-12-11-32-10-4-6-20(34)16-32/h2-3,5,7-9,13,15,17-18,20,34H,4,6,10-12,16H2,1H3,(H2,30,35)/t18-,20+/m1/s1. The summed E-state index contributed by atoms with van der Waals surface area (Å²) in [6.07, 6.45) is 4.74. The molecule has 38 heavy (non-hydrogen) atoms. The fourth-order valence-corrected chi connectivity index (χ4v) is 5.67. The van der Waals surface area contributed by atoms with Crippen molar-refractivity contribution in [1.82, 2.24) is 14.3 Å². The SMILES string of the molecule is C[C@@H](Oc1cc(-c2cnc3ccc(OCCN4CCC[C@H](O)C4)cn23)sc1C(N)=O)c1ccccc1C#N. The van der Waals surface area contributed by atoms with E-state index in [1.54, 1.807) is 24.4 Å². The van der Waals surface area contributed by atoms with E-state index in [0.717, 1.165) is 47.7 Å². The van der Waals surface area contributed by atoms with Crippen molar-refractivity contribution in [2.24, 2.45) is 5.73 Å². The number of amides is 1. The molecule has 2 atom stereocenters. The fraction of sp³-hybridized carbons (Fsp3) is 0.321. The van der Waals surface area contributed by atoms with Gasteiger partial charge in [-0.05, 0) is 44.5 Å². The van der Waals surface area contributed by atoms with Crippen molar-refractivity contribution in [3.05, 3.63) is 70.9 Å². The number of aromatic nitrogens is 2. The number of aliphatic hydroxyl groups is 1. The van der Waals surface area contributed by atoms with Crippen LogP contribution in [-0.4, -0.2) is 57.6 Å². The van der Waals surface area contributed by atoms with Gasteiger partial charge in [0.1, 0.15) is 34.7 Å². The number of carbonyl (C=O) groups excluding carboxylic acids is 1. The molecule has 5 rings (SSSR count). The monoisotopic (exact) mass is 531 g/mol. The Morgan fingerprint density at radius 2 is 2.18 bits per heavy atom. The molecule has 3 aromatic heterocycles. The van der Waals surface area contributed by atoms with Gasteiger partial charge >= 0.3 is 0 Å². The minimum Gasteiger partial charge on any atom is -0.491 e. The number of fused-ring (bicyclic) bond motifs is 1. The highest BCUT2D eigenvalue weighted by molar-refractivity contribution is 7.17. The Hall–Kier alpha value is -3.91. The molecule has 0 radical (unpaired) electrons. The van der Waals surface area contributed by atoms with Gasteiger partial charge in [-0.2, -0.15) is 5.26 Å². The average Bonchev–Trinajstić information content (AvgIpc) is 3.52. The van der Waals surface area contributed by atoms with Crippen molar-refractivity contribution in [2.75, 3.05) is 26.2 Å². The Morgan fingerprint density at radius 3 is 2.97 bits per heavy atom. The van der Waals surface area contributed by atoms with Crippen LogP contribution < -0.4 is 15.2 Å². The van der Waals surface area contributed by atoms with Crippen LogP contribution in [0.3, 0.4) is 0 Å². The lowest BCUT2D eigenvalue weighted by atomic mass is 10.0. The molecule has 1 aromatic carbocycles. The number of hydrogen-bond acceptors (Lipinski definition) is 8. The zero-order chi connectivity index (χ0) is 26.6. The van der Waals surface area contributed by atoms with Gasteiger partial charge in [-0.1, -0.05) is 18.2 Å². The van der Waals surface area contributed by atoms with Gasteiger partial charge < -0.3 is 20.3 Å². The number of ether oxygens (including phenoxy) is 2. The molecular weight excluding hydrogens is 502 g/mol. The summed E-state index contributed by atoms with van der Waals surface area (Å²) < 4.78 is 14.1. The highest BCUT2D eigenvalue weighted by atomic mass is 32.1. The molecule has 0 spiro atoms. The summed E-state index contributed by atoms with van der Waals surface area (Å²) in [5.41, 5.74) is 8.45. The molecule has 3 N–H and O–H groups in total. The highest BCUT2D eigenvalue weighted by Crippen LogP contribution is 2.39. The lowest BCUT2D eigenvalue weighted by Gasteiger charge is -2.29. The van der Waals surface area contributed by atoms with Crippen LogP contribution in [0, 0.1) is 11.3 Å².